The lowest BCUT2D eigenvalue weighted by atomic mass is 9.96. The highest BCUT2D eigenvalue weighted by atomic mass is 15.4. The molecule has 0 saturated carbocycles. The van der Waals surface area contributed by atoms with Gasteiger partial charge in [0, 0.05) is 11.4 Å². The summed E-state index contributed by atoms with van der Waals surface area (Å²) in [5.74, 6) is 1.16. The van der Waals surface area contributed by atoms with Gasteiger partial charge < -0.3 is 0 Å². The van der Waals surface area contributed by atoms with Gasteiger partial charge in [0.1, 0.15) is 0 Å². The van der Waals surface area contributed by atoms with Gasteiger partial charge in [-0.2, -0.15) is 5.10 Å². The summed E-state index contributed by atoms with van der Waals surface area (Å²) in [6, 6.07) is 10.8. The summed E-state index contributed by atoms with van der Waals surface area (Å²) in [4.78, 5) is 9.28. The number of hydrazone groups is 1. The van der Waals surface area contributed by atoms with Crippen molar-refractivity contribution in [1.82, 2.24) is 9.97 Å². The second-order valence-electron chi connectivity index (χ2n) is 7.27. The van der Waals surface area contributed by atoms with E-state index in [-0.39, 0.29) is 0 Å². The highest BCUT2D eigenvalue weighted by Gasteiger charge is 2.07. The predicted octanol–water partition coefficient (Wildman–Crippen LogP) is 6.12. The molecule has 146 valence electrons. The fraction of sp³-hybridized carbons (Fsp3) is 0.522. The second kappa shape index (κ2) is 10.8. The number of nitrogens with one attached hydrogen (secondary N) is 1. The Hall–Kier alpha value is -2.23. The lowest BCUT2D eigenvalue weighted by Gasteiger charge is -2.11. The Bertz CT molecular complexity index is 752. The monoisotopic (exact) mass is 366 g/mol. The Morgan fingerprint density at radius 3 is 2.44 bits per heavy atom. The Morgan fingerprint density at radius 1 is 1.04 bits per heavy atom. The van der Waals surface area contributed by atoms with Gasteiger partial charge in [-0.1, -0.05) is 58.7 Å². The van der Waals surface area contributed by atoms with Crippen LogP contribution in [0.25, 0.3) is 0 Å². The molecule has 0 spiro atoms. The number of hydrogen-bond donors (Lipinski definition) is 1. The maximum atomic E-state index is 4.65. The lowest BCUT2D eigenvalue weighted by Crippen LogP contribution is -2.06. The summed E-state index contributed by atoms with van der Waals surface area (Å²) in [6.45, 7) is 10.9. The maximum Gasteiger partial charge on any atom is 0.243 e. The first-order chi connectivity index (χ1) is 13.1. The van der Waals surface area contributed by atoms with Gasteiger partial charge in [0.05, 0.1) is 5.71 Å². The number of rotatable bonds is 10. The van der Waals surface area contributed by atoms with Gasteiger partial charge in [-0.15, -0.1) is 0 Å². The average Bonchev–Trinajstić information content (AvgIpc) is 2.70. The van der Waals surface area contributed by atoms with Gasteiger partial charge >= 0.3 is 0 Å². The predicted molar refractivity (Wildman–Crippen MR) is 116 cm³/mol. The van der Waals surface area contributed by atoms with Crippen molar-refractivity contribution in [3.05, 3.63) is 52.8 Å². The molecule has 1 unspecified atom stereocenters. The Kier molecular flexibility index (Phi) is 8.43. The van der Waals surface area contributed by atoms with Crippen molar-refractivity contribution in [2.45, 2.75) is 79.1 Å². The van der Waals surface area contributed by atoms with Crippen molar-refractivity contribution >= 4 is 11.7 Å². The molecule has 1 aromatic heterocycles. The summed E-state index contributed by atoms with van der Waals surface area (Å²) in [5, 5.41) is 4.56. The standard InChI is InChI=1S/C23H34N4/c1-6-9-14-22-16-21(11-7-2)24-23(25-22)27-26-18(5)20-13-10-12-19(15-20)17(4)8-3/h10,12-13,15-17H,6-9,11,14H2,1-5H3,(H,24,25,27). The Balaban J connectivity index is 2.19. The molecule has 1 N–H and O–H groups in total. The molecule has 2 rings (SSSR count). The van der Waals surface area contributed by atoms with Gasteiger partial charge in [-0.3, -0.25) is 0 Å². The van der Waals surface area contributed by atoms with Crippen LogP contribution in [0, 0.1) is 0 Å². The van der Waals surface area contributed by atoms with Gasteiger partial charge in [0.15, 0.2) is 0 Å². The van der Waals surface area contributed by atoms with Crippen molar-refractivity contribution < 1.29 is 0 Å². The largest absolute Gasteiger partial charge is 0.245 e. The first-order valence-corrected chi connectivity index (χ1v) is 10.3. The fourth-order valence-corrected chi connectivity index (χ4v) is 2.98. The zero-order chi connectivity index (χ0) is 19.6. The minimum atomic E-state index is 0.556. The molecule has 27 heavy (non-hydrogen) atoms. The number of benzene rings is 1. The van der Waals surface area contributed by atoms with E-state index in [4.69, 9.17) is 0 Å². The van der Waals surface area contributed by atoms with Crippen LogP contribution in [0.2, 0.25) is 0 Å². The van der Waals surface area contributed by atoms with Crippen LogP contribution in [0.4, 0.5) is 5.95 Å². The quantitative estimate of drug-likeness (QED) is 0.407. The molecule has 0 bridgehead atoms. The minimum absolute atomic E-state index is 0.556. The summed E-state index contributed by atoms with van der Waals surface area (Å²) >= 11 is 0. The molecule has 0 aliphatic heterocycles. The van der Waals surface area contributed by atoms with Crippen LogP contribution in [0.1, 0.15) is 88.7 Å². The topological polar surface area (TPSA) is 50.2 Å². The molecule has 0 fully saturated rings. The van der Waals surface area contributed by atoms with Gasteiger partial charge in [-0.05, 0) is 61.8 Å². The first-order valence-electron chi connectivity index (χ1n) is 10.3. The summed E-state index contributed by atoms with van der Waals surface area (Å²) < 4.78 is 0. The van der Waals surface area contributed by atoms with E-state index in [2.05, 4.69) is 78.5 Å². The summed E-state index contributed by atoms with van der Waals surface area (Å²) in [7, 11) is 0. The summed E-state index contributed by atoms with van der Waals surface area (Å²) in [5.41, 5.74) is 8.71. The molecule has 1 aromatic carbocycles. The third-order valence-electron chi connectivity index (χ3n) is 4.93. The number of anilines is 1. The number of unbranched alkanes of at least 4 members (excludes halogenated alkanes) is 1. The van der Waals surface area contributed by atoms with Gasteiger partial charge in [0.25, 0.3) is 0 Å². The zero-order valence-corrected chi connectivity index (χ0v) is 17.5. The Labute approximate surface area is 164 Å². The SMILES string of the molecule is CCCCc1cc(CCC)nc(NN=C(C)c2cccc(C(C)CC)c2)n1. The highest BCUT2D eigenvalue weighted by Crippen LogP contribution is 2.20. The van der Waals surface area contributed by atoms with E-state index in [1.54, 1.807) is 0 Å². The molecule has 0 radical (unpaired) electrons. The van der Waals surface area contributed by atoms with E-state index < -0.39 is 0 Å². The smallest absolute Gasteiger partial charge is 0.243 e. The molecule has 0 aliphatic rings. The van der Waals surface area contributed by atoms with E-state index in [1.807, 2.05) is 6.92 Å². The third kappa shape index (κ3) is 6.46. The van der Waals surface area contributed by atoms with E-state index >= 15 is 0 Å². The van der Waals surface area contributed by atoms with E-state index in [0.717, 1.165) is 54.8 Å². The van der Waals surface area contributed by atoms with Crippen LogP contribution in [0.15, 0.2) is 35.4 Å². The second-order valence-corrected chi connectivity index (χ2v) is 7.27. The van der Waals surface area contributed by atoms with E-state index in [1.165, 1.54) is 12.0 Å². The molecule has 0 saturated heterocycles. The number of aryl methyl sites for hydroxylation is 2. The first kappa shape index (κ1) is 21.1. The molecule has 1 heterocycles. The van der Waals surface area contributed by atoms with Crippen molar-refractivity contribution in [1.29, 1.82) is 0 Å². The fourth-order valence-electron chi connectivity index (χ4n) is 2.98. The molecule has 0 amide bonds. The van der Waals surface area contributed by atoms with Crippen molar-refractivity contribution in [3.63, 3.8) is 0 Å². The molecular weight excluding hydrogens is 332 g/mol. The molecule has 0 aliphatic carbocycles. The molecule has 2 aromatic rings. The number of hydrogen-bond acceptors (Lipinski definition) is 4. The van der Waals surface area contributed by atoms with Crippen molar-refractivity contribution in [2.24, 2.45) is 5.10 Å². The normalized spacial score (nSPS) is 12.9. The van der Waals surface area contributed by atoms with Crippen molar-refractivity contribution in [2.75, 3.05) is 5.43 Å². The number of nitrogens with zero attached hydrogens (tertiary/aromatic N) is 3. The lowest BCUT2D eigenvalue weighted by molar-refractivity contribution is 0.733. The van der Waals surface area contributed by atoms with E-state index in [0.29, 0.717) is 11.9 Å². The van der Waals surface area contributed by atoms with E-state index in [9.17, 15) is 0 Å². The third-order valence-corrected chi connectivity index (χ3v) is 4.93. The van der Waals surface area contributed by atoms with Crippen LogP contribution in [-0.2, 0) is 12.8 Å². The molecule has 4 heteroatoms. The minimum Gasteiger partial charge on any atom is -0.245 e. The Morgan fingerprint density at radius 2 is 1.78 bits per heavy atom. The zero-order valence-electron chi connectivity index (χ0n) is 17.5. The van der Waals surface area contributed by atoms with Crippen molar-refractivity contribution in [3.8, 4) is 0 Å². The molecule has 1 atom stereocenters. The summed E-state index contributed by atoms with van der Waals surface area (Å²) in [6.07, 6.45) is 6.48. The molecule has 4 nitrogen and oxygen atoms in total. The van der Waals surface area contributed by atoms with Gasteiger partial charge in [-0.25, -0.2) is 15.4 Å². The number of aromatic nitrogens is 2. The van der Waals surface area contributed by atoms with Crippen LogP contribution < -0.4 is 5.43 Å². The van der Waals surface area contributed by atoms with Gasteiger partial charge in [0.2, 0.25) is 5.95 Å². The maximum absolute atomic E-state index is 4.65. The van der Waals surface area contributed by atoms with Crippen LogP contribution in [-0.4, -0.2) is 15.7 Å². The van der Waals surface area contributed by atoms with Crippen LogP contribution in [0.3, 0.4) is 0 Å². The average molecular weight is 367 g/mol. The molecular formula is C23H34N4. The van der Waals surface area contributed by atoms with Crippen LogP contribution in [0.5, 0.6) is 0 Å². The highest BCUT2D eigenvalue weighted by molar-refractivity contribution is 5.99. The van der Waals surface area contributed by atoms with Crippen LogP contribution >= 0.6 is 0 Å².